The Balaban J connectivity index is 0.000000252. The average Bonchev–Trinajstić information content (AvgIpc) is 3.57. The number of carbonyl (C=O) groups is 3. The number of carboxylic acids is 1. The van der Waals surface area contributed by atoms with Crippen LogP contribution in [0.5, 0.6) is 0 Å². The summed E-state index contributed by atoms with van der Waals surface area (Å²) in [6.45, 7) is 6.03. The molecule has 2 unspecified atom stereocenters. The van der Waals surface area contributed by atoms with Gasteiger partial charge in [0.1, 0.15) is 17.1 Å². The van der Waals surface area contributed by atoms with E-state index in [2.05, 4.69) is 93.9 Å². The van der Waals surface area contributed by atoms with Gasteiger partial charge in [-0.2, -0.15) is 8.42 Å². The second-order valence-corrected chi connectivity index (χ2v) is 15.5. The molecule has 3 heterocycles. The molecular weight excluding hydrogens is 745 g/mol. The molecule has 0 bridgehead atoms. The first-order valence-corrected chi connectivity index (χ1v) is 19.8. The lowest BCUT2D eigenvalue weighted by molar-refractivity contribution is -0.151. The van der Waals surface area contributed by atoms with Crippen molar-refractivity contribution < 1.29 is 37.6 Å². The van der Waals surface area contributed by atoms with Crippen LogP contribution in [0.25, 0.3) is 0 Å². The number of fused-ring (bicyclic) bond motifs is 1. The van der Waals surface area contributed by atoms with Gasteiger partial charge in [-0.15, -0.1) is 16.9 Å². The van der Waals surface area contributed by atoms with Crippen molar-refractivity contribution in [3.8, 4) is 0 Å². The minimum absolute atomic E-state index is 0.0285. The van der Waals surface area contributed by atoms with Gasteiger partial charge in [0, 0.05) is 36.0 Å². The number of carbonyl (C=O) groups excluding carboxylic acids is 2. The topological polar surface area (TPSA) is 229 Å². The molecular formula is C34H38N8O8S3. The number of nitrogens with zero attached hydrogens (tertiary/aromatic N) is 5. The Morgan fingerprint density at radius 1 is 0.962 bits per heavy atom. The zero-order valence-corrected chi connectivity index (χ0v) is 31.1. The minimum atomic E-state index is -4.40. The Morgan fingerprint density at radius 2 is 1.55 bits per heavy atom. The van der Waals surface area contributed by atoms with Crippen molar-refractivity contribution in [2.45, 2.75) is 42.4 Å². The van der Waals surface area contributed by atoms with E-state index in [4.69, 9.17) is 4.55 Å². The van der Waals surface area contributed by atoms with Gasteiger partial charge in [-0.25, -0.2) is 9.48 Å². The Kier molecular flexibility index (Phi) is 13.1. The Bertz CT molecular complexity index is 2000. The first kappa shape index (κ1) is 39.3. The summed E-state index contributed by atoms with van der Waals surface area (Å²) in [7, 11) is -4.40. The van der Waals surface area contributed by atoms with Crippen LogP contribution in [-0.4, -0.2) is 102 Å². The minimum Gasteiger partial charge on any atom is -0.477 e. The van der Waals surface area contributed by atoms with E-state index in [0.29, 0.717) is 11.1 Å². The first-order valence-electron chi connectivity index (χ1n) is 16.2. The highest BCUT2D eigenvalue weighted by molar-refractivity contribution is 8.01. The van der Waals surface area contributed by atoms with Crippen LogP contribution < -0.4 is 16.0 Å². The zero-order valence-electron chi connectivity index (χ0n) is 28.6. The summed E-state index contributed by atoms with van der Waals surface area (Å²) in [6, 6.07) is 24.1. The zero-order chi connectivity index (χ0) is 38.1. The van der Waals surface area contributed by atoms with Gasteiger partial charge >= 0.3 is 5.97 Å². The standard InChI is InChI=1S/C18H18N6O8S3.C16H20N2/c25-13(9-4-2-1-3-5-9)14(26)19-11-15(27)24-12(17(28)29)10(6-33-16(11)24)7-34-18-20-21-22-23(18)8-35(30,31)32;1-13-3-7-15(8-4-13)17-11-12-18-16-9-5-14(2)6-10-16/h1-5,11,13,16,25H,6-8H2,(H,19,26)(H,28,29)(H,30,31,32);3-10,17-18H,11-12H2,1-2H3/t11?,13-,16?;/m1./s1. The van der Waals surface area contributed by atoms with Crippen molar-refractivity contribution in [1.82, 2.24) is 30.4 Å². The van der Waals surface area contributed by atoms with Crippen molar-refractivity contribution in [2.75, 3.05) is 35.2 Å². The molecule has 16 nitrogen and oxygen atoms in total. The van der Waals surface area contributed by atoms with E-state index in [1.165, 1.54) is 34.3 Å². The molecule has 2 aliphatic rings. The monoisotopic (exact) mass is 782 g/mol. The van der Waals surface area contributed by atoms with Gasteiger partial charge in [0.2, 0.25) is 5.16 Å². The molecule has 2 aliphatic heterocycles. The first-order chi connectivity index (χ1) is 25.3. The van der Waals surface area contributed by atoms with E-state index in [0.717, 1.165) is 34.4 Å². The second kappa shape index (κ2) is 17.7. The number of aliphatic carboxylic acids is 1. The highest BCUT2D eigenvalue weighted by Crippen LogP contribution is 2.41. The molecule has 0 radical (unpaired) electrons. The van der Waals surface area contributed by atoms with Gasteiger partial charge in [-0.1, -0.05) is 77.5 Å². The maximum absolute atomic E-state index is 12.8. The molecule has 6 rings (SSSR count). The van der Waals surface area contributed by atoms with Crippen molar-refractivity contribution in [1.29, 1.82) is 0 Å². The second-order valence-electron chi connectivity index (χ2n) is 12.0. The predicted octanol–water partition coefficient (Wildman–Crippen LogP) is 2.91. The fourth-order valence-electron chi connectivity index (χ4n) is 5.26. The van der Waals surface area contributed by atoms with Crippen molar-refractivity contribution in [3.63, 3.8) is 0 Å². The number of nitrogens with one attached hydrogen (secondary N) is 3. The predicted molar refractivity (Wildman–Crippen MR) is 201 cm³/mol. The van der Waals surface area contributed by atoms with Crippen LogP contribution in [0.1, 0.15) is 22.8 Å². The number of aryl methyl sites for hydroxylation is 2. The number of amides is 2. The molecule has 53 heavy (non-hydrogen) atoms. The summed E-state index contributed by atoms with van der Waals surface area (Å²) in [5.41, 5.74) is 5.41. The summed E-state index contributed by atoms with van der Waals surface area (Å²) in [5, 5.41) is 39.1. The van der Waals surface area contributed by atoms with Crippen LogP contribution >= 0.6 is 23.5 Å². The molecule has 1 fully saturated rings. The summed E-state index contributed by atoms with van der Waals surface area (Å²) < 4.78 is 32.0. The van der Waals surface area contributed by atoms with E-state index in [-0.39, 0.29) is 22.4 Å². The highest BCUT2D eigenvalue weighted by Gasteiger charge is 2.54. The molecule has 280 valence electrons. The number of β-lactam (4-membered cyclic amide) rings is 1. The smallest absolute Gasteiger partial charge is 0.352 e. The third kappa shape index (κ3) is 10.6. The van der Waals surface area contributed by atoms with Crippen LogP contribution in [0, 0.1) is 13.8 Å². The number of tetrazole rings is 1. The number of anilines is 2. The SMILES string of the molecule is Cc1ccc(NCCNc2ccc(C)cc2)cc1.O=C(O)C1=C(CSc2nnnn2CS(=O)(=O)O)CSC2C(NC(=O)[C@H](O)c3ccccc3)C(=O)N12. The van der Waals surface area contributed by atoms with E-state index >= 15 is 0 Å². The number of carboxylic acid groups (broad SMARTS) is 1. The van der Waals surface area contributed by atoms with Crippen LogP contribution in [0.2, 0.25) is 0 Å². The molecule has 3 aromatic carbocycles. The van der Waals surface area contributed by atoms with E-state index < -0.39 is 51.3 Å². The Hall–Kier alpha value is -4.95. The fourth-order valence-corrected chi connectivity index (χ4v) is 8.18. The average molecular weight is 783 g/mol. The molecule has 0 aliphatic carbocycles. The Morgan fingerprint density at radius 3 is 2.09 bits per heavy atom. The number of aromatic nitrogens is 4. The Labute approximate surface area is 314 Å². The van der Waals surface area contributed by atoms with Crippen LogP contribution in [0.4, 0.5) is 11.4 Å². The molecule has 1 saturated heterocycles. The number of aliphatic hydroxyl groups is 1. The summed E-state index contributed by atoms with van der Waals surface area (Å²) >= 11 is 2.17. The summed E-state index contributed by atoms with van der Waals surface area (Å²) in [6.07, 6.45) is -1.48. The molecule has 0 saturated carbocycles. The summed E-state index contributed by atoms with van der Waals surface area (Å²) in [4.78, 5) is 38.3. The molecule has 3 atom stereocenters. The number of aliphatic hydroxyl groups excluding tert-OH is 1. The van der Waals surface area contributed by atoms with Gasteiger partial charge in [0.25, 0.3) is 21.9 Å². The number of benzene rings is 3. The van der Waals surface area contributed by atoms with E-state index in [9.17, 15) is 33.0 Å². The van der Waals surface area contributed by atoms with Gasteiger partial charge in [-0.05, 0) is 59.7 Å². The number of rotatable bonds is 14. The normalized spacial score (nSPS) is 17.1. The van der Waals surface area contributed by atoms with Crippen LogP contribution in [0.15, 0.2) is 95.3 Å². The quantitative estimate of drug-likeness (QED) is 0.0468. The summed E-state index contributed by atoms with van der Waals surface area (Å²) in [5.74, 6) is -3.39. The molecule has 0 spiro atoms. The van der Waals surface area contributed by atoms with Gasteiger partial charge in [0.15, 0.2) is 12.0 Å². The van der Waals surface area contributed by atoms with Crippen molar-refractivity contribution in [2.24, 2.45) is 0 Å². The molecule has 19 heteroatoms. The van der Waals surface area contributed by atoms with Crippen LogP contribution in [-0.2, 0) is 30.4 Å². The molecule has 4 aromatic rings. The number of thioether (sulfide) groups is 2. The van der Waals surface area contributed by atoms with Gasteiger partial charge in [-0.3, -0.25) is 19.0 Å². The van der Waals surface area contributed by atoms with Crippen LogP contribution in [0.3, 0.4) is 0 Å². The lowest BCUT2D eigenvalue weighted by Gasteiger charge is -2.49. The maximum atomic E-state index is 12.8. The highest BCUT2D eigenvalue weighted by atomic mass is 32.2. The van der Waals surface area contributed by atoms with Gasteiger partial charge in [0.05, 0.1) is 0 Å². The van der Waals surface area contributed by atoms with Crippen molar-refractivity contribution in [3.05, 3.63) is 107 Å². The van der Waals surface area contributed by atoms with E-state index in [1.807, 2.05) is 0 Å². The lowest BCUT2D eigenvalue weighted by atomic mass is 10.0. The largest absolute Gasteiger partial charge is 0.477 e. The fraction of sp³-hybridized carbons (Fsp3) is 0.294. The molecule has 6 N–H and O–H groups in total. The molecule has 2 amide bonds. The third-order valence-corrected chi connectivity index (χ3v) is 10.9. The van der Waals surface area contributed by atoms with Gasteiger partial charge < -0.3 is 26.2 Å². The third-order valence-electron chi connectivity index (χ3n) is 7.96. The number of hydrogen-bond donors (Lipinski definition) is 6. The van der Waals surface area contributed by atoms with E-state index in [1.54, 1.807) is 30.3 Å². The molecule has 1 aromatic heterocycles. The maximum Gasteiger partial charge on any atom is 0.352 e. The van der Waals surface area contributed by atoms with Crippen molar-refractivity contribution >= 4 is 62.8 Å². The number of hydrogen-bond acceptors (Lipinski definition) is 13. The lowest BCUT2D eigenvalue weighted by Crippen LogP contribution is -2.70.